The molecule has 1 N–H and O–H groups in total. The standard InChI is InChI=1S/C15H22N6/c1-20(2)13(12-8-18-21(3)10-12)9-17-14-6-7-16-15(19-14)11-4-5-11/h6-8,10-11,13H,4-5,9H2,1-3H3,(H,16,17,19). The van der Waals surface area contributed by atoms with E-state index in [9.17, 15) is 0 Å². The van der Waals surface area contributed by atoms with Crippen molar-refractivity contribution in [1.29, 1.82) is 0 Å². The van der Waals surface area contributed by atoms with Crippen molar-refractivity contribution in [3.8, 4) is 0 Å². The molecule has 2 aromatic rings. The van der Waals surface area contributed by atoms with Gasteiger partial charge in [0.2, 0.25) is 0 Å². The predicted octanol–water partition coefficient (Wildman–Crippen LogP) is 1.80. The van der Waals surface area contributed by atoms with Crippen LogP contribution in [0.4, 0.5) is 5.82 Å². The Hall–Kier alpha value is -1.95. The van der Waals surface area contributed by atoms with Crippen molar-refractivity contribution in [2.24, 2.45) is 7.05 Å². The van der Waals surface area contributed by atoms with E-state index < -0.39 is 0 Å². The molecule has 2 heterocycles. The molecule has 1 atom stereocenters. The molecule has 1 fully saturated rings. The molecular weight excluding hydrogens is 264 g/mol. The first-order valence-corrected chi connectivity index (χ1v) is 7.35. The summed E-state index contributed by atoms with van der Waals surface area (Å²) in [6.07, 6.45) is 8.26. The minimum Gasteiger partial charge on any atom is -0.368 e. The van der Waals surface area contributed by atoms with Gasteiger partial charge in [-0.3, -0.25) is 4.68 Å². The molecule has 3 rings (SSSR count). The summed E-state index contributed by atoms with van der Waals surface area (Å²) < 4.78 is 1.84. The second-order valence-corrected chi connectivity index (χ2v) is 5.88. The van der Waals surface area contributed by atoms with Crippen molar-refractivity contribution < 1.29 is 0 Å². The summed E-state index contributed by atoms with van der Waals surface area (Å²) in [6, 6.07) is 2.19. The number of nitrogens with zero attached hydrogens (tertiary/aromatic N) is 5. The molecule has 0 radical (unpaired) electrons. The Morgan fingerprint density at radius 1 is 1.43 bits per heavy atom. The highest BCUT2D eigenvalue weighted by Crippen LogP contribution is 2.38. The molecular formula is C15H22N6. The van der Waals surface area contributed by atoms with Crippen molar-refractivity contribution in [2.75, 3.05) is 26.0 Å². The van der Waals surface area contributed by atoms with Crippen LogP contribution in [0.5, 0.6) is 0 Å². The molecule has 1 aliphatic carbocycles. The molecule has 0 amide bonds. The number of aromatic nitrogens is 4. The van der Waals surface area contributed by atoms with Gasteiger partial charge < -0.3 is 10.2 Å². The van der Waals surface area contributed by atoms with Gasteiger partial charge in [-0.05, 0) is 33.0 Å². The van der Waals surface area contributed by atoms with Crippen molar-refractivity contribution >= 4 is 5.82 Å². The van der Waals surface area contributed by atoms with Crippen LogP contribution in [0.15, 0.2) is 24.7 Å². The van der Waals surface area contributed by atoms with Crippen LogP contribution < -0.4 is 5.32 Å². The van der Waals surface area contributed by atoms with Gasteiger partial charge >= 0.3 is 0 Å². The molecule has 6 nitrogen and oxygen atoms in total. The smallest absolute Gasteiger partial charge is 0.133 e. The van der Waals surface area contributed by atoms with Gasteiger partial charge in [-0.2, -0.15) is 5.10 Å². The number of hydrogen-bond acceptors (Lipinski definition) is 5. The highest BCUT2D eigenvalue weighted by atomic mass is 15.2. The minimum atomic E-state index is 0.262. The monoisotopic (exact) mass is 286 g/mol. The molecule has 0 aliphatic heterocycles. The lowest BCUT2D eigenvalue weighted by Gasteiger charge is -2.23. The summed E-state index contributed by atoms with van der Waals surface area (Å²) in [5.74, 6) is 2.46. The molecule has 2 aromatic heterocycles. The first-order chi connectivity index (χ1) is 10.1. The summed E-state index contributed by atoms with van der Waals surface area (Å²) in [5.41, 5.74) is 1.20. The van der Waals surface area contributed by atoms with Crippen LogP contribution in [-0.4, -0.2) is 45.3 Å². The molecule has 0 spiro atoms. The third-order valence-electron chi connectivity index (χ3n) is 3.83. The van der Waals surface area contributed by atoms with Gasteiger partial charge in [0, 0.05) is 37.5 Å². The molecule has 0 saturated heterocycles. The average Bonchev–Trinajstić information content (AvgIpc) is 3.22. The van der Waals surface area contributed by atoms with Crippen molar-refractivity contribution in [3.63, 3.8) is 0 Å². The Labute approximate surface area is 125 Å². The first-order valence-electron chi connectivity index (χ1n) is 7.35. The Kier molecular flexibility index (Phi) is 3.88. The Balaban J connectivity index is 1.68. The minimum absolute atomic E-state index is 0.262. The second-order valence-electron chi connectivity index (χ2n) is 5.88. The van der Waals surface area contributed by atoms with Crippen LogP contribution in [0.3, 0.4) is 0 Å². The topological polar surface area (TPSA) is 58.9 Å². The summed E-state index contributed by atoms with van der Waals surface area (Å²) in [6.45, 7) is 0.791. The van der Waals surface area contributed by atoms with E-state index in [1.54, 1.807) is 0 Å². The SMILES string of the molecule is CN(C)C(CNc1ccnc(C2CC2)n1)c1cnn(C)c1. The van der Waals surface area contributed by atoms with E-state index in [1.165, 1.54) is 18.4 Å². The van der Waals surface area contributed by atoms with Gasteiger partial charge in [-0.1, -0.05) is 0 Å². The van der Waals surface area contributed by atoms with E-state index in [0.29, 0.717) is 5.92 Å². The van der Waals surface area contributed by atoms with Crippen LogP contribution in [0.25, 0.3) is 0 Å². The fourth-order valence-electron chi connectivity index (χ4n) is 2.42. The quantitative estimate of drug-likeness (QED) is 0.877. The highest BCUT2D eigenvalue weighted by molar-refractivity contribution is 5.34. The van der Waals surface area contributed by atoms with Gasteiger partial charge in [0.25, 0.3) is 0 Å². The molecule has 112 valence electrons. The zero-order valence-electron chi connectivity index (χ0n) is 12.8. The maximum absolute atomic E-state index is 4.60. The van der Waals surface area contributed by atoms with E-state index in [1.807, 2.05) is 30.2 Å². The maximum Gasteiger partial charge on any atom is 0.133 e. The highest BCUT2D eigenvalue weighted by Gasteiger charge is 2.26. The fourth-order valence-corrected chi connectivity index (χ4v) is 2.42. The van der Waals surface area contributed by atoms with Crippen LogP contribution in [0, 0.1) is 0 Å². The van der Waals surface area contributed by atoms with E-state index in [0.717, 1.165) is 18.2 Å². The Bertz CT molecular complexity index is 602. The largest absolute Gasteiger partial charge is 0.368 e. The first kappa shape index (κ1) is 14.0. The van der Waals surface area contributed by atoms with E-state index in [4.69, 9.17) is 0 Å². The Morgan fingerprint density at radius 2 is 2.24 bits per heavy atom. The van der Waals surface area contributed by atoms with Crippen LogP contribution in [0.1, 0.15) is 36.2 Å². The van der Waals surface area contributed by atoms with E-state index >= 15 is 0 Å². The third-order valence-corrected chi connectivity index (χ3v) is 3.83. The molecule has 1 unspecified atom stereocenters. The van der Waals surface area contributed by atoms with Crippen molar-refractivity contribution in [3.05, 3.63) is 36.0 Å². The molecule has 0 bridgehead atoms. The lowest BCUT2D eigenvalue weighted by molar-refractivity contribution is 0.311. The normalized spacial score (nSPS) is 16.2. The Morgan fingerprint density at radius 3 is 2.86 bits per heavy atom. The number of hydrogen-bond donors (Lipinski definition) is 1. The summed E-state index contributed by atoms with van der Waals surface area (Å²) >= 11 is 0. The number of likely N-dealkylation sites (N-methyl/N-ethyl adjacent to an activating group) is 1. The zero-order chi connectivity index (χ0) is 14.8. The fraction of sp³-hybridized carbons (Fsp3) is 0.533. The molecule has 1 saturated carbocycles. The van der Waals surface area contributed by atoms with Gasteiger partial charge in [0.15, 0.2) is 0 Å². The molecule has 21 heavy (non-hydrogen) atoms. The molecule has 0 aromatic carbocycles. The maximum atomic E-state index is 4.60. The van der Waals surface area contributed by atoms with Gasteiger partial charge in [0.05, 0.1) is 12.2 Å². The van der Waals surface area contributed by atoms with E-state index in [-0.39, 0.29) is 6.04 Å². The molecule has 6 heteroatoms. The number of rotatable bonds is 6. The molecule has 1 aliphatic rings. The zero-order valence-corrected chi connectivity index (χ0v) is 12.8. The van der Waals surface area contributed by atoms with Crippen molar-refractivity contribution in [2.45, 2.75) is 24.8 Å². The van der Waals surface area contributed by atoms with Gasteiger partial charge in [0.1, 0.15) is 11.6 Å². The summed E-state index contributed by atoms with van der Waals surface area (Å²) in [7, 11) is 6.10. The van der Waals surface area contributed by atoms with Gasteiger partial charge in [-0.15, -0.1) is 0 Å². The van der Waals surface area contributed by atoms with Crippen LogP contribution in [0.2, 0.25) is 0 Å². The number of nitrogens with one attached hydrogen (secondary N) is 1. The average molecular weight is 286 g/mol. The lowest BCUT2D eigenvalue weighted by Crippen LogP contribution is -2.26. The summed E-state index contributed by atoms with van der Waals surface area (Å²) in [5, 5.41) is 7.68. The predicted molar refractivity (Wildman–Crippen MR) is 82.1 cm³/mol. The third kappa shape index (κ3) is 3.39. The van der Waals surface area contributed by atoms with Gasteiger partial charge in [-0.25, -0.2) is 9.97 Å². The summed E-state index contributed by atoms with van der Waals surface area (Å²) in [4.78, 5) is 11.1. The number of anilines is 1. The van der Waals surface area contributed by atoms with Crippen molar-refractivity contribution in [1.82, 2.24) is 24.6 Å². The van der Waals surface area contributed by atoms with E-state index in [2.05, 4.69) is 45.6 Å². The van der Waals surface area contributed by atoms with Crippen LogP contribution >= 0.6 is 0 Å². The second kappa shape index (κ2) is 5.81. The number of aryl methyl sites for hydroxylation is 1. The lowest BCUT2D eigenvalue weighted by atomic mass is 10.1. The van der Waals surface area contributed by atoms with Crippen LogP contribution in [-0.2, 0) is 7.05 Å².